The standard InChI is InChI=1S/C12F4N4/c1-17-11(18-2)5-7(13)9(15)6(10(16)8(5)14)12(19-3)20-4. The van der Waals surface area contributed by atoms with Crippen molar-refractivity contribution in [3.8, 4) is 0 Å². The van der Waals surface area contributed by atoms with E-state index in [1.807, 2.05) is 0 Å². The fourth-order valence-corrected chi connectivity index (χ4v) is 1.30. The van der Waals surface area contributed by atoms with E-state index in [1.165, 1.54) is 0 Å². The average molecular weight is 276 g/mol. The Morgan fingerprint density at radius 2 is 0.750 bits per heavy atom. The molecule has 96 valence electrons. The first-order valence-corrected chi connectivity index (χ1v) is 4.54. The van der Waals surface area contributed by atoms with E-state index in [0.717, 1.165) is 0 Å². The second kappa shape index (κ2) is 5.52. The van der Waals surface area contributed by atoms with Gasteiger partial charge in [0.25, 0.3) is 0 Å². The third-order valence-corrected chi connectivity index (χ3v) is 2.13. The van der Waals surface area contributed by atoms with Gasteiger partial charge in [-0.3, -0.25) is 0 Å². The summed E-state index contributed by atoms with van der Waals surface area (Å²) < 4.78 is 54.6. The Bertz CT molecular complexity index is 746. The van der Waals surface area contributed by atoms with Crippen molar-refractivity contribution in [2.75, 3.05) is 0 Å². The Balaban J connectivity index is 4.35. The molecule has 0 fully saturated rings. The summed E-state index contributed by atoms with van der Waals surface area (Å²) in [4.78, 5) is 9.87. The fraction of sp³-hybridized carbons (Fsp3) is 0. The molecule has 0 aliphatic carbocycles. The SMILES string of the molecule is [C-]#[N+]C([N+]#[C-])=c1c(F)c(F)c(=C([N+]#[C-])[N+]#[C-])c(F)c1F. The molecule has 0 aliphatic heterocycles. The third-order valence-electron chi connectivity index (χ3n) is 2.13. The topological polar surface area (TPSA) is 17.4 Å². The molecule has 8 heteroatoms. The second-order valence-corrected chi connectivity index (χ2v) is 3.10. The lowest BCUT2D eigenvalue weighted by molar-refractivity contribution is 0.434. The Morgan fingerprint density at radius 3 is 0.900 bits per heavy atom. The number of rotatable bonds is 0. The minimum absolute atomic E-state index is 1.20. The van der Waals surface area contributed by atoms with Gasteiger partial charge in [-0.15, -0.1) is 0 Å². The molecule has 1 rings (SSSR count). The van der Waals surface area contributed by atoms with Crippen molar-refractivity contribution >= 4 is 11.6 Å². The molecular weight excluding hydrogens is 276 g/mol. The van der Waals surface area contributed by atoms with E-state index in [2.05, 4.69) is 19.4 Å². The van der Waals surface area contributed by atoms with Crippen LogP contribution in [0.4, 0.5) is 17.6 Å². The lowest BCUT2D eigenvalue weighted by Crippen LogP contribution is -2.30. The first-order chi connectivity index (χ1) is 9.44. The van der Waals surface area contributed by atoms with Gasteiger partial charge >= 0.3 is 11.6 Å². The average Bonchev–Trinajstić information content (AvgIpc) is 2.46. The summed E-state index contributed by atoms with van der Waals surface area (Å²) in [6.45, 7) is 26.1. The van der Waals surface area contributed by atoms with Crippen molar-refractivity contribution in [1.82, 2.24) is 0 Å². The number of benzene rings is 1. The zero-order valence-electron chi connectivity index (χ0n) is 9.30. The monoisotopic (exact) mass is 276 g/mol. The van der Waals surface area contributed by atoms with Crippen LogP contribution in [0.15, 0.2) is 0 Å². The van der Waals surface area contributed by atoms with E-state index >= 15 is 0 Å². The summed E-state index contributed by atoms with van der Waals surface area (Å²) in [5.41, 5.74) is 0. The van der Waals surface area contributed by atoms with E-state index in [0.29, 0.717) is 0 Å². The molecule has 0 N–H and O–H groups in total. The zero-order valence-corrected chi connectivity index (χ0v) is 9.30. The van der Waals surface area contributed by atoms with Crippen LogP contribution in [0.5, 0.6) is 0 Å². The molecule has 0 saturated heterocycles. The highest BCUT2D eigenvalue weighted by atomic mass is 19.2. The number of halogens is 4. The van der Waals surface area contributed by atoms with Gasteiger partial charge in [0.05, 0.1) is 0 Å². The molecule has 0 unspecified atom stereocenters. The first-order valence-electron chi connectivity index (χ1n) is 4.54. The van der Waals surface area contributed by atoms with Crippen LogP contribution >= 0.6 is 0 Å². The molecule has 0 spiro atoms. The quantitative estimate of drug-likeness (QED) is 0.392. The van der Waals surface area contributed by atoms with Gasteiger partial charge in [0.15, 0.2) is 23.3 Å². The molecule has 0 radical (unpaired) electrons. The smallest absolute Gasteiger partial charge is 0.204 e. The number of hydrogen-bond acceptors (Lipinski definition) is 0. The summed E-state index contributed by atoms with van der Waals surface area (Å²) in [6, 6.07) is 0. The molecular formula is C12F4N4. The van der Waals surface area contributed by atoms with Crippen LogP contribution in [0.3, 0.4) is 0 Å². The molecule has 1 aromatic rings. The van der Waals surface area contributed by atoms with Gasteiger partial charge in [0, 0.05) is 0 Å². The van der Waals surface area contributed by atoms with Gasteiger partial charge in [0.1, 0.15) is 36.7 Å². The van der Waals surface area contributed by atoms with Gasteiger partial charge < -0.3 is 0 Å². The van der Waals surface area contributed by atoms with Crippen LogP contribution in [0.2, 0.25) is 0 Å². The number of hydrogen-bond donors (Lipinski definition) is 0. The zero-order chi connectivity index (χ0) is 15.4. The van der Waals surface area contributed by atoms with Gasteiger partial charge in [-0.25, -0.2) is 17.6 Å². The molecule has 0 saturated carbocycles. The van der Waals surface area contributed by atoms with Crippen molar-refractivity contribution in [3.63, 3.8) is 0 Å². The summed E-state index contributed by atoms with van der Waals surface area (Å²) in [5, 5.41) is -2.91. The van der Waals surface area contributed by atoms with E-state index in [1.54, 1.807) is 0 Å². The maximum Gasteiger partial charge on any atom is 0.532 e. The molecule has 0 amide bonds. The summed E-state index contributed by atoms with van der Waals surface area (Å²) >= 11 is 0. The van der Waals surface area contributed by atoms with Gasteiger partial charge in [-0.1, -0.05) is 0 Å². The van der Waals surface area contributed by atoms with E-state index < -0.39 is 45.3 Å². The van der Waals surface area contributed by atoms with Gasteiger partial charge in [-0.05, 0) is 0 Å². The maximum absolute atomic E-state index is 13.7. The molecule has 0 aromatic heterocycles. The summed E-state index contributed by atoms with van der Waals surface area (Å²) in [5.74, 6) is -10.4. The Kier molecular flexibility index (Phi) is 4.06. The van der Waals surface area contributed by atoms with Crippen LogP contribution in [0.25, 0.3) is 31.0 Å². The van der Waals surface area contributed by atoms with E-state index in [4.69, 9.17) is 26.3 Å². The Hall–Kier alpha value is -3.36. The lowest BCUT2D eigenvalue weighted by atomic mass is 10.2. The first kappa shape index (κ1) is 14.7. The maximum atomic E-state index is 13.7. The highest BCUT2D eigenvalue weighted by Crippen LogP contribution is 2.09. The van der Waals surface area contributed by atoms with Crippen molar-refractivity contribution < 1.29 is 17.6 Å². The molecule has 0 heterocycles. The Morgan fingerprint density at radius 1 is 0.550 bits per heavy atom. The van der Waals surface area contributed by atoms with Gasteiger partial charge in [-0.2, -0.15) is 19.4 Å². The van der Waals surface area contributed by atoms with Crippen LogP contribution in [-0.4, -0.2) is 0 Å². The van der Waals surface area contributed by atoms with Crippen molar-refractivity contribution in [3.05, 3.63) is 79.4 Å². The van der Waals surface area contributed by atoms with E-state index in [-0.39, 0.29) is 0 Å². The third kappa shape index (κ3) is 2.03. The molecule has 0 aliphatic rings. The van der Waals surface area contributed by atoms with Crippen molar-refractivity contribution in [2.24, 2.45) is 0 Å². The lowest BCUT2D eigenvalue weighted by Gasteiger charge is -1.98. The van der Waals surface area contributed by atoms with Crippen LogP contribution in [0.1, 0.15) is 0 Å². The molecule has 1 aromatic carbocycles. The molecule has 4 nitrogen and oxygen atoms in total. The van der Waals surface area contributed by atoms with Crippen LogP contribution < -0.4 is 10.4 Å². The van der Waals surface area contributed by atoms with E-state index in [9.17, 15) is 17.6 Å². The predicted molar refractivity (Wildman–Crippen MR) is 58.7 cm³/mol. The molecule has 0 bridgehead atoms. The second-order valence-electron chi connectivity index (χ2n) is 3.10. The summed E-state index contributed by atoms with van der Waals surface area (Å²) in [6.07, 6.45) is 0. The summed E-state index contributed by atoms with van der Waals surface area (Å²) in [7, 11) is 0. The van der Waals surface area contributed by atoms with Crippen molar-refractivity contribution in [2.45, 2.75) is 0 Å². The van der Waals surface area contributed by atoms with Crippen LogP contribution in [-0.2, 0) is 0 Å². The molecule has 0 atom stereocenters. The highest BCUT2D eigenvalue weighted by molar-refractivity contribution is 5.61. The minimum Gasteiger partial charge on any atom is -0.204 e. The normalized spacial score (nSPS) is 8.80. The van der Waals surface area contributed by atoms with Gasteiger partial charge in [0.2, 0.25) is 0 Å². The highest BCUT2D eigenvalue weighted by Gasteiger charge is 2.27. The molecule has 20 heavy (non-hydrogen) atoms. The number of nitrogens with zero attached hydrogens (tertiary/aromatic N) is 4. The van der Waals surface area contributed by atoms with Crippen molar-refractivity contribution in [1.29, 1.82) is 0 Å². The predicted octanol–water partition coefficient (Wildman–Crippen LogP) is 2.05. The van der Waals surface area contributed by atoms with Crippen LogP contribution in [0, 0.1) is 49.6 Å². The minimum atomic E-state index is -1.99. The fourth-order valence-electron chi connectivity index (χ4n) is 1.30. The largest absolute Gasteiger partial charge is 0.532 e. The Labute approximate surface area is 109 Å².